The summed E-state index contributed by atoms with van der Waals surface area (Å²) in [6, 6.07) is 5.98. The Bertz CT molecular complexity index is 573. The first-order valence-electron chi connectivity index (χ1n) is 7.20. The Hall–Kier alpha value is -2.34. The molecule has 1 fully saturated rings. The zero-order valence-corrected chi connectivity index (χ0v) is 12.2. The topological polar surface area (TPSA) is 89.9 Å². The lowest BCUT2D eigenvalue weighted by atomic mass is 9.98. The summed E-state index contributed by atoms with van der Waals surface area (Å²) in [4.78, 5) is 25.4. The number of likely N-dealkylation sites (tertiary alicyclic amines) is 1. The Labute approximate surface area is 129 Å². The molecule has 0 unspecified atom stereocenters. The van der Waals surface area contributed by atoms with Gasteiger partial charge in [-0.15, -0.1) is 6.58 Å². The molecule has 118 valence electrons. The average molecular weight is 304 g/mol. The van der Waals surface area contributed by atoms with Crippen LogP contribution in [0, 0.1) is 0 Å². The number of rotatable bonds is 5. The van der Waals surface area contributed by atoms with Gasteiger partial charge in [0, 0.05) is 25.2 Å². The van der Waals surface area contributed by atoms with Crippen molar-refractivity contribution < 1.29 is 19.8 Å². The summed E-state index contributed by atoms with van der Waals surface area (Å²) in [7, 11) is 0. The summed E-state index contributed by atoms with van der Waals surface area (Å²) in [5.74, 6) is -1.44. The number of aliphatic hydroxyl groups excluding tert-OH is 1. The number of carbonyl (C=O) groups excluding carboxylic acids is 1. The SMILES string of the molecule is C=CCNc1ccccc1C(=O)N1CC[C@H](O)C[C@@H]1C(=O)O. The molecule has 1 aromatic carbocycles. The van der Waals surface area contributed by atoms with Crippen LogP contribution in [-0.2, 0) is 4.79 Å². The summed E-state index contributed by atoms with van der Waals surface area (Å²) in [5.41, 5.74) is 1.06. The maximum absolute atomic E-state index is 12.7. The molecule has 2 rings (SSSR count). The van der Waals surface area contributed by atoms with E-state index in [2.05, 4.69) is 11.9 Å². The third-order valence-electron chi connectivity index (χ3n) is 3.72. The molecule has 1 amide bonds. The number of benzene rings is 1. The van der Waals surface area contributed by atoms with Crippen LogP contribution in [0.5, 0.6) is 0 Å². The lowest BCUT2D eigenvalue weighted by Gasteiger charge is -2.35. The quantitative estimate of drug-likeness (QED) is 0.714. The Morgan fingerprint density at radius 1 is 1.41 bits per heavy atom. The molecule has 1 aromatic rings. The molecule has 0 aromatic heterocycles. The highest BCUT2D eigenvalue weighted by atomic mass is 16.4. The number of carbonyl (C=O) groups is 2. The van der Waals surface area contributed by atoms with Gasteiger partial charge in [-0.2, -0.15) is 0 Å². The average Bonchev–Trinajstić information content (AvgIpc) is 2.52. The van der Waals surface area contributed by atoms with Gasteiger partial charge in [-0.05, 0) is 18.6 Å². The number of hydrogen-bond donors (Lipinski definition) is 3. The molecule has 2 atom stereocenters. The van der Waals surface area contributed by atoms with Gasteiger partial charge in [-0.25, -0.2) is 4.79 Å². The molecule has 0 bridgehead atoms. The Morgan fingerprint density at radius 3 is 2.82 bits per heavy atom. The summed E-state index contributed by atoms with van der Waals surface area (Å²) in [5, 5.41) is 22.0. The van der Waals surface area contributed by atoms with Crippen LogP contribution in [-0.4, -0.2) is 52.2 Å². The van der Waals surface area contributed by atoms with E-state index in [0.29, 0.717) is 24.2 Å². The number of piperidine rings is 1. The van der Waals surface area contributed by atoms with E-state index in [1.807, 2.05) is 0 Å². The van der Waals surface area contributed by atoms with E-state index in [1.54, 1.807) is 30.3 Å². The van der Waals surface area contributed by atoms with Gasteiger partial charge in [-0.1, -0.05) is 18.2 Å². The van der Waals surface area contributed by atoms with Gasteiger partial charge in [0.15, 0.2) is 0 Å². The van der Waals surface area contributed by atoms with Gasteiger partial charge >= 0.3 is 5.97 Å². The summed E-state index contributed by atoms with van der Waals surface area (Å²) in [6.07, 6.45) is 1.44. The van der Waals surface area contributed by atoms with Crippen LogP contribution in [0.25, 0.3) is 0 Å². The lowest BCUT2D eigenvalue weighted by Crippen LogP contribution is -2.51. The lowest BCUT2D eigenvalue weighted by molar-refractivity contribution is -0.145. The number of aliphatic hydroxyl groups is 1. The number of carboxylic acids is 1. The number of amides is 1. The third kappa shape index (κ3) is 3.46. The molecular formula is C16H20N2O4. The van der Waals surface area contributed by atoms with Crippen LogP contribution in [0.2, 0.25) is 0 Å². The maximum Gasteiger partial charge on any atom is 0.326 e. The molecule has 1 heterocycles. The number of anilines is 1. The standard InChI is InChI=1S/C16H20N2O4/c1-2-8-17-13-6-4-3-5-12(13)15(20)18-9-7-11(19)10-14(18)16(21)22/h2-6,11,14,17,19H,1,7-10H2,(H,21,22)/t11-,14+/m0/s1. The van der Waals surface area contributed by atoms with Gasteiger partial charge in [0.1, 0.15) is 6.04 Å². The highest BCUT2D eigenvalue weighted by molar-refractivity contribution is 6.01. The first-order valence-corrected chi connectivity index (χ1v) is 7.20. The van der Waals surface area contributed by atoms with E-state index in [9.17, 15) is 19.8 Å². The van der Waals surface area contributed by atoms with Crippen molar-refractivity contribution >= 4 is 17.6 Å². The molecule has 22 heavy (non-hydrogen) atoms. The van der Waals surface area contributed by atoms with Gasteiger partial charge in [-0.3, -0.25) is 4.79 Å². The van der Waals surface area contributed by atoms with Gasteiger partial charge in [0.05, 0.1) is 11.7 Å². The van der Waals surface area contributed by atoms with Crippen molar-refractivity contribution in [3.8, 4) is 0 Å². The fourth-order valence-corrected chi connectivity index (χ4v) is 2.58. The molecule has 6 heteroatoms. The number of para-hydroxylation sites is 1. The molecule has 1 aliphatic rings. The van der Waals surface area contributed by atoms with Gasteiger partial charge < -0.3 is 20.4 Å². The van der Waals surface area contributed by atoms with E-state index in [-0.39, 0.29) is 18.9 Å². The van der Waals surface area contributed by atoms with Crippen LogP contribution in [0.3, 0.4) is 0 Å². The van der Waals surface area contributed by atoms with E-state index in [1.165, 1.54) is 4.90 Å². The smallest absolute Gasteiger partial charge is 0.326 e. The number of aliphatic carboxylic acids is 1. The van der Waals surface area contributed by atoms with Crippen LogP contribution in [0.1, 0.15) is 23.2 Å². The van der Waals surface area contributed by atoms with Crippen molar-refractivity contribution in [3.05, 3.63) is 42.5 Å². The first-order chi connectivity index (χ1) is 10.5. The highest BCUT2D eigenvalue weighted by Crippen LogP contribution is 2.24. The Balaban J connectivity index is 2.26. The highest BCUT2D eigenvalue weighted by Gasteiger charge is 2.36. The van der Waals surface area contributed by atoms with Crippen molar-refractivity contribution in [2.75, 3.05) is 18.4 Å². The first kappa shape index (κ1) is 16.0. The monoisotopic (exact) mass is 304 g/mol. The van der Waals surface area contributed by atoms with Gasteiger partial charge in [0.2, 0.25) is 0 Å². The van der Waals surface area contributed by atoms with Crippen LogP contribution < -0.4 is 5.32 Å². The van der Waals surface area contributed by atoms with E-state index < -0.39 is 18.1 Å². The predicted octanol–water partition coefficient (Wildman–Crippen LogP) is 1.33. The number of hydrogen-bond acceptors (Lipinski definition) is 4. The summed E-state index contributed by atoms with van der Waals surface area (Å²) < 4.78 is 0. The number of nitrogens with one attached hydrogen (secondary N) is 1. The summed E-state index contributed by atoms with van der Waals surface area (Å²) >= 11 is 0. The number of nitrogens with zero attached hydrogens (tertiary/aromatic N) is 1. The molecule has 0 saturated carbocycles. The van der Waals surface area contributed by atoms with E-state index >= 15 is 0 Å². The van der Waals surface area contributed by atoms with Crippen molar-refractivity contribution in [2.24, 2.45) is 0 Å². The predicted molar refractivity (Wildman–Crippen MR) is 82.8 cm³/mol. The van der Waals surface area contributed by atoms with E-state index in [4.69, 9.17) is 0 Å². The minimum Gasteiger partial charge on any atom is -0.480 e. The van der Waals surface area contributed by atoms with Crippen molar-refractivity contribution in [1.29, 1.82) is 0 Å². The summed E-state index contributed by atoms with van der Waals surface area (Å²) in [6.45, 7) is 4.35. The molecule has 6 nitrogen and oxygen atoms in total. The second-order valence-corrected chi connectivity index (χ2v) is 5.25. The van der Waals surface area contributed by atoms with Crippen molar-refractivity contribution in [1.82, 2.24) is 4.90 Å². The van der Waals surface area contributed by atoms with Gasteiger partial charge in [0.25, 0.3) is 5.91 Å². The molecule has 0 aliphatic carbocycles. The van der Waals surface area contributed by atoms with Crippen LogP contribution in [0.15, 0.2) is 36.9 Å². The van der Waals surface area contributed by atoms with E-state index in [0.717, 1.165) is 0 Å². The fraction of sp³-hybridized carbons (Fsp3) is 0.375. The largest absolute Gasteiger partial charge is 0.480 e. The zero-order chi connectivity index (χ0) is 16.1. The second-order valence-electron chi connectivity index (χ2n) is 5.25. The van der Waals surface area contributed by atoms with Crippen molar-refractivity contribution in [3.63, 3.8) is 0 Å². The maximum atomic E-state index is 12.7. The zero-order valence-electron chi connectivity index (χ0n) is 12.2. The normalized spacial score (nSPS) is 21.2. The Morgan fingerprint density at radius 2 is 2.14 bits per heavy atom. The molecule has 1 saturated heterocycles. The van der Waals surface area contributed by atoms with Crippen LogP contribution >= 0.6 is 0 Å². The van der Waals surface area contributed by atoms with Crippen LogP contribution in [0.4, 0.5) is 5.69 Å². The molecule has 3 N–H and O–H groups in total. The molecule has 0 spiro atoms. The number of carboxylic acid groups (broad SMARTS) is 1. The second kappa shape index (κ2) is 7.09. The molecule has 0 radical (unpaired) electrons. The Kier molecular flexibility index (Phi) is 5.16. The molecule has 1 aliphatic heterocycles. The third-order valence-corrected chi connectivity index (χ3v) is 3.72. The van der Waals surface area contributed by atoms with Crippen molar-refractivity contribution in [2.45, 2.75) is 25.0 Å². The fourth-order valence-electron chi connectivity index (χ4n) is 2.58. The minimum absolute atomic E-state index is 0.0589. The molecular weight excluding hydrogens is 284 g/mol. The minimum atomic E-state index is -1.09.